The lowest BCUT2D eigenvalue weighted by atomic mass is 9.99. The lowest BCUT2D eigenvalue weighted by Crippen LogP contribution is -2.25. The van der Waals surface area contributed by atoms with Crippen molar-refractivity contribution in [3.63, 3.8) is 0 Å². The molecule has 0 spiro atoms. The highest BCUT2D eigenvalue weighted by atomic mass is 28.2. The van der Waals surface area contributed by atoms with E-state index in [0.29, 0.717) is 21.9 Å². The molecule has 0 amide bonds. The van der Waals surface area contributed by atoms with Gasteiger partial charge in [-0.15, -0.1) is 0 Å². The van der Waals surface area contributed by atoms with Gasteiger partial charge in [0, 0.05) is 13.0 Å². The second-order valence-electron chi connectivity index (χ2n) is 11.2. The van der Waals surface area contributed by atoms with Gasteiger partial charge >= 0.3 is 0 Å². The summed E-state index contributed by atoms with van der Waals surface area (Å²) in [7, 11) is -1.04. The molecule has 1 N–H and O–H groups in total. The van der Waals surface area contributed by atoms with Crippen molar-refractivity contribution in [2.24, 2.45) is 11.8 Å². The van der Waals surface area contributed by atoms with Gasteiger partial charge in [0.05, 0.1) is 12.2 Å². The van der Waals surface area contributed by atoms with Gasteiger partial charge in [-0.1, -0.05) is 80.7 Å². The first-order valence-corrected chi connectivity index (χ1v) is 14.6. The van der Waals surface area contributed by atoms with Crippen LogP contribution in [0.5, 0.6) is 0 Å². The second-order valence-corrected chi connectivity index (χ2v) is 16.2. The average Bonchev–Trinajstić information content (AvgIpc) is 2.98. The Labute approximate surface area is 186 Å². The molecule has 0 aliphatic heterocycles. The first kappa shape index (κ1) is 27.1. The molecule has 1 aliphatic carbocycles. The Morgan fingerprint density at radius 2 is 1.48 bits per heavy atom. The molecule has 2 unspecified atom stereocenters. The summed E-state index contributed by atoms with van der Waals surface area (Å²) < 4.78 is 12.3. The summed E-state index contributed by atoms with van der Waals surface area (Å²) in [6, 6.07) is 0. The van der Waals surface area contributed by atoms with Gasteiger partial charge in [0.25, 0.3) is 0 Å². The van der Waals surface area contributed by atoms with Crippen molar-refractivity contribution in [3.05, 3.63) is 11.6 Å². The summed E-state index contributed by atoms with van der Waals surface area (Å²) in [5, 5.41) is 11.1. The van der Waals surface area contributed by atoms with E-state index >= 15 is 0 Å². The summed E-state index contributed by atoms with van der Waals surface area (Å²) in [6.45, 7) is 19.4. The van der Waals surface area contributed by atoms with Crippen LogP contribution in [0.4, 0.5) is 0 Å². The molecule has 0 bridgehead atoms. The Hall–Kier alpha value is 0.0538. The smallest absolute Gasteiger partial charge is 0.168 e. The molecule has 0 heterocycles. The van der Waals surface area contributed by atoms with Crippen LogP contribution in [0.2, 0.25) is 10.1 Å². The minimum atomic E-state index is -0.599. The molecule has 0 saturated heterocycles. The number of unbranched alkanes of at least 4 members (excludes halogenated alkanes) is 4. The molecule has 3 nitrogen and oxygen atoms in total. The van der Waals surface area contributed by atoms with E-state index in [1.54, 1.807) is 0 Å². The number of aliphatic hydroxyl groups is 1. The minimum absolute atomic E-state index is 0.154. The van der Waals surface area contributed by atoms with Gasteiger partial charge in [0.15, 0.2) is 19.5 Å². The normalized spacial score (nSPS) is 21.6. The van der Waals surface area contributed by atoms with Crippen molar-refractivity contribution in [1.82, 2.24) is 0 Å². The molecular formula is C24H50O3Si2. The third-order valence-electron chi connectivity index (χ3n) is 7.31. The standard InChI is InChI=1S/C24H50O3Si2/c1-18(2)23(5,6)28-26-15-13-11-9-10-12-14-20-16-21(17-22(20)25)27-29-24(7,8)19(3)4/h16,18-19,21-22,25H,9-15,17,28-29H2,1-8H3. The van der Waals surface area contributed by atoms with Crippen LogP contribution in [-0.2, 0) is 8.85 Å². The van der Waals surface area contributed by atoms with Crippen molar-refractivity contribution in [2.75, 3.05) is 6.61 Å². The zero-order valence-electron chi connectivity index (χ0n) is 20.7. The molecule has 0 aromatic carbocycles. The van der Waals surface area contributed by atoms with E-state index < -0.39 is 19.5 Å². The number of hydrogen-bond acceptors (Lipinski definition) is 3. The lowest BCUT2D eigenvalue weighted by molar-refractivity contribution is 0.156. The Bertz CT molecular complexity index is 487. The highest BCUT2D eigenvalue weighted by Gasteiger charge is 2.29. The predicted molar refractivity (Wildman–Crippen MR) is 132 cm³/mol. The molecule has 0 fully saturated rings. The molecule has 29 heavy (non-hydrogen) atoms. The highest BCUT2D eigenvalue weighted by Crippen LogP contribution is 2.35. The molecule has 5 heteroatoms. The summed E-state index contributed by atoms with van der Waals surface area (Å²) in [6.07, 6.45) is 10.1. The van der Waals surface area contributed by atoms with Gasteiger partial charge in [0.2, 0.25) is 0 Å². The topological polar surface area (TPSA) is 38.7 Å². The summed E-state index contributed by atoms with van der Waals surface area (Å²) in [4.78, 5) is 0. The predicted octanol–water partition coefficient (Wildman–Crippen LogP) is 5.30. The molecular weight excluding hydrogens is 392 g/mol. The fourth-order valence-corrected chi connectivity index (χ4v) is 5.63. The zero-order chi connectivity index (χ0) is 22.1. The first-order chi connectivity index (χ1) is 13.5. The third kappa shape index (κ3) is 10.3. The Balaban J connectivity index is 2.12. The van der Waals surface area contributed by atoms with Crippen LogP contribution in [0.1, 0.15) is 100 Å². The van der Waals surface area contributed by atoms with Crippen LogP contribution in [0.15, 0.2) is 11.6 Å². The fraction of sp³-hybridized carbons (Fsp3) is 0.917. The van der Waals surface area contributed by atoms with Crippen LogP contribution in [0.25, 0.3) is 0 Å². The molecule has 0 saturated carbocycles. The molecule has 172 valence electrons. The van der Waals surface area contributed by atoms with E-state index in [1.807, 2.05) is 0 Å². The highest BCUT2D eigenvalue weighted by molar-refractivity contribution is 6.32. The van der Waals surface area contributed by atoms with E-state index in [4.69, 9.17) is 8.85 Å². The largest absolute Gasteiger partial charge is 0.423 e. The monoisotopic (exact) mass is 442 g/mol. The molecule has 0 aromatic heterocycles. The van der Waals surface area contributed by atoms with Crippen molar-refractivity contribution in [2.45, 2.75) is 123 Å². The SMILES string of the molecule is CC(C)C(C)(C)[SiH2]OCCCCCCCC1=CC(O[SiH2]C(C)(C)C(C)C)CC1O. The average molecular weight is 443 g/mol. The molecule has 2 atom stereocenters. The summed E-state index contributed by atoms with van der Waals surface area (Å²) in [5.41, 5.74) is 1.22. The first-order valence-electron chi connectivity index (χ1n) is 12.0. The summed E-state index contributed by atoms with van der Waals surface area (Å²) in [5.74, 6) is 1.36. The van der Waals surface area contributed by atoms with Gasteiger partial charge in [-0.25, -0.2) is 0 Å². The van der Waals surface area contributed by atoms with Crippen LogP contribution in [0, 0.1) is 11.8 Å². The van der Waals surface area contributed by atoms with Gasteiger partial charge in [-0.05, 0) is 46.7 Å². The van der Waals surface area contributed by atoms with Crippen LogP contribution in [-0.4, -0.2) is 43.4 Å². The Kier molecular flexibility index (Phi) is 12.0. The molecule has 0 radical (unpaired) electrons. The minimum Gasteiger partial charge on any atom is -0.423 e. The van der Waals surface area contributed by atoms with E-state index in [0.717, 1.165) is 19.4 Å². The van der Waals surface area contributed by atoms with Crippen LogP contribution in [0.3, 0.4) is 0 Å². The number of hydrogen-bond donors (Lipinski definition) is 1. The quantitative estimate of drug-likeness (QED) is 0.212. The van der Waals surface area contributed by atoms with E-state index in [9.17, 15) is 5.11 Å². The molecule has 1 rings (SSSR count). The molecule has 1 aliphatic rings. The van der Waals surface area contributed by atoms with E-state index in [2.05, 4.69) is 61.5 Å². The third-order valence-corrected chi connectivity index (χ3v) is 11.5. The van der Waals surface area contributed by atoms with E-state index in [-0.39, 0.29) is 12.2 Å². The maximum Gasteiger partial charge on any atom is 0.168 e. The maximum atomic E-state index is 10.4. The van der Waals surface area contributed by atoms with Gasteiger partial charge in [-0.3, -0.25) is 0 Å². The number of rotatable bonds is 15. The van der Waals surface area contributed by atoms with Crippen LogP contribution >= 0.6 is 0 Å². The van der Waals surface area contributed by atoms with Crippen LogP contribution < -0.4 is 0 Å². The number of aliphatic hydroxyl groups excluding tert-OH is 1. The van der Waals surface area contributed by atoms with Crippen molar-refractivity contribution < 1.29 is 14.0 Å². The van der Waals surface area contributed by atoms with Crippen molar-refractivity contribution in [3.8, 4) is 0 Å². The maximum absolute atomic E-state index is 10.4. The zero-order valence-corrected chi connectivity index (χ0v) is 23.5. The van der Waals surface area contributed by atoms with Gasteiger partial charge in [0.1, 0.15) is 0 Å². The van der Waals surface area contributed by atoms with Crippen molar-refractivity contribution in [1.29, 1.82) is 0 Å². The van der Waals surface area contributed by atoms with Crippen molar-refractivity contribution >= 4 is 19.5 Å². The fourth-order valence-electron chi connectivity index (χ4n) is 3.21. The second kappa shape index (κ2) is 12.8. The van der Waals surface area contributed by atoms with Gasteiger partial charge < -0.3 is 14.0 Å². The molecule has 0 aromatic rings. The Morgan fingerprint density at radius 3 is 2.10 bits per heavy atom. The Morgan fingerprint density at radius 1 is 0.931 bits per heavy atom. The summed E-state index contributed by atoms with van der Waals surface area (Å²) >= 11 is 0. The van der Waals surface area contributed by atoms with Gasteiger partial charge in [-0.2, -0.15) is 0 Å². The van der Waals surface area contributed by atoms with E-state index in [1.165, 1.54) is 37.7 Å². The lowest BCUT2D eigenvalue weighted by Gasteiger charge is -2.29.